The van der Waals surface area contributed by atoms with Crippen LogP contribution in [0.1, 0.15) is 25.0 Å². The number of amides is 5. The lowest BCUT2D eigenvalue weighted by atomic mass is 10.1. The maximum atomic E-state index is 12.9. The fourth-order valence-corrected chi connectivity index (χ4v) is 2.70. The molecule has 4 atom stereocenters. The molecule has 0 fully saturated rings. The number of nitrogens with one attached hydrogen (secondary N) is 4. The van der Waals surface area contributed by atoms with Gasteiger partial charge in [-0.25, -0.2) is 9.78 Å². The molecule has 0 aliphatic carbocycles. The maximum Gasteiger partial charge on any atom is 0.328 e. The first-order valence-corrected chi connectivity index (χ1v) is 9.98. The van der Waals surface area contributed by atoms with Crippen molar-refractivity contribution in [3.05, 3.63) is 18.2 Å². The first kappa shape index (κ1) is 28.0. The molecule has 1 aromatic heterocycles. The van der Waals surface area contributed by atoms with Gasteiger partial charge in [0, 0.05) is 24.7 Å². The summed E-state index contributed by atoms with van der Waals surface area (Å²) < 4.78 is 0. The summed E-state index contributed by atoms with van der Waals surface area (Å²) in [5.41, 5.74) is 16.2. The van der Waals surface area contributed by atoms with E-state index in [9.17, 15) is 28.8 Å². The van der Waals surface area contributed by atoms with Gasteiger partial charge in [-0.15, -0.1) is 0 Å². The van der Waals surface area contributed by atoms with E-state index in [2.05, 4.69) is 20.6 Å². The van der Waals surface area contributed by atoms with Crippen LogP contribution in [0.2, 0.25) is 0 Å². The minimum atomic E-state index is -1.66. The number of primary amides is 2. The summed E-state index contributed by atoms with van der Waals surface area (Å²) in [6.07, 6.45) is 1.47. The minimum absolute atomic E-state index is 0.126. The Labute approximate surface area is 193 Å². The van der Waals surface area contributed by atoms with E-state index in [1.165, 1.54) is 12.5 Å². The smallest absolute Gasteiger partial charge is 0.328 e. The van der Waals surface area contributed by atoms with E-state index in [-0.39, 0.29) is 19.3 Å². The van der Waals surface area contributed by atoms with Crippen molar-refractivity contribution in [2.24, 2.45) is 17.2 Å². The molecule has 4 unspecified atom stereocenters. The van der Waals surface area contributed by atoms with Crippen molar-refractivity contribution in [2.75, 3.05) is 6.61 Å². The summed E-state index contributed by atoms with van der Waals surface area (Å²) in [6, 6.07) is -5.75. The van der Waals surface area contributed by atoms with Crippen molar-refractivity contribution in [3.8, 4) is 0 Å². The molecule has 0 saturated carbocycles. The molecular formula is C18H28N8O8. The number of aromatic amines is 1. The fourth-order valence-electron chi connectivity index (χ4n) is 2.70. The number of carboxylic acids is 1. The summed E-state index contributed by atoms with van der Waals surface area (Å²) in [5.74, 6) is -5.92. The maximum absolute atomic E-state index is 12.9. The third-order valence-corrected chi connectivity index (χ3v) is 4.48. The van der Waals surface area contributed by atoms with Crippen LogP contribution in [0, 0.1) is 0 Å². The molecule has 16 heteroatoms. The Morgan fingerprint density at radius 1 is 0.941 bits per heavy atom. The molecule has 12 N–H and O–H groups in total. The van der Waals surface area contributed by atoms with Gasteiger partial charge in [-0.05, 0) is 6.42 Å². The number of carbonyl (C=O) groups is 6. The van der Waals surface area contributed by atoms with Crippen molar-refractivity contribution in [2.45, 2.75) is 49.9 Å². The second-order valence-corrected chi connectivity index (χ2v) is 7.27. The van der Waals surface area contributed by atoms with Crippen LogP contribution >= 0.6 is 0 Å². The molecule has 1 aromatic rings. The molecule has 188 valence electrons. The topological polar surface area (TPSA) is 286 Å². The number of imidazole rings is 1. The Morgan fingerprint density at radius 3 is 2.03 bits per heavy atom. The normalized spacial score (nSPS) is 14.2. The van der Waals surface area contributed by atoms with Crippen molar-refractivity contribution >= 4 is 35.5 Å². The van der Waals surface area contributed by atoms with E-state index in [1.807, 2.05) is 5.32 Å². The van der Waals surface area contributed by atoms with Gasteiger partial charge in [0.2, 0.25) is 29.5 Å². The number of H-pyrrole nitrogens is 1. The van der Waals surface area contributed by atoms with Crippen molar-refractivity contribution in [1.82, 2.24) is 25.9 Å². The highest BCUT2D eigenvalue weighted by Crippen LogP contribution is 2.04. The van der Waals surface area contributed by atoms with Gasteiger partial charge in [-0.3, -0.25) is 24.0 Å². The van der Waals surface area contributed by atoms with Crippen LogP contribution in [0.5, 0.6) is 0 Å². The van der Waals surface area contributed by atoms with Gasteiger partial charge in [0.05, 0.1) is 25.4 Å². The molecule has 1 rings (SSSR count). The molecule has 0 aliphatic heterocycles. The molecular weight excluding hydrogens is 456 g/mol. The second kappa shape index (κ2) is 13.5. The van der Waals surface area contributed by atoms with Crippen LogP contribution in [0.25, 0.3) is 0 Å². The number of carbonyl (C=O) groups excluding carboxylic acids is 5. The third-order valence-electron chi connectivity index (χ3n) is 4.48. The second-order valence-electron chi connectivity index (χ2n) is 7.27. The van der Waals surface area contributed by atoms with Crippen molar-refractivity contribution in [3.63, 3.8) is 0 Å². The van der Waals surface area contributed by atoms with E-state index in [4.69, 9.17) is 27.4 Å². The number of nitrogens with two attached hydrogens (primary N) is 3. The van der Waals surface area contributed by atoms with Crippen LogP contribution in [0.3, 0.4) is 0 Å². The van der Waals surface area contributed by atoms with Crippen LogP contribution in [-0.2, 0) is 35.2 Å². The highest BCUT2D eigenvalue weighted by molar-refractivity contribution is 5.95. The molecule has 0 saturated heterocycles. The first-order valence-electron chi connectivity index (χ1n) is 9.98. The standard InChI is InChI=1S/C18H28N8O8/c19-9(4-14(21)29)15(30)25-11(3-8-5-22-7-23-8)17(32)24-10(1-2-13(20)28)16(31)26-12(6-27)18(33)34/h5,7,9-12,27H,1-4,6,19H2,(H2,20,28)(H2,21,29)(H,22,23)(H,24,32)(H,25,30)(H,26,31)(H,33,34). The zero-order valence-corrected chi connectivity index (χ0v) is 18.0. The van der Waals surface area contributed by atoms with Crippen LogP contribution < -0.4 is 33.2 Å². The molecule has 5 amide bonds. The van der Waals surface area contributed by atoms with Gasteiger partial charge in [0.15, 0.2) is 0 Å². The Hall–Kier alpha value is -4.05. The molecule has 1 heterocycles. The summed E-state index contributed by atoms with van der Waals surface area (Å²) in [7, 11) is 0. The van der Waals surface area contributed by atoms with E-state index in [0.29, 0.717) is 5.69 Å². The Balaban J connectivity index is 3.05. The quantitative estimate of drug-likeness (QED) is 0.114. The van der Waals surface area contributed by atoms with E-state index in [1.54, 1.807) is 0 Å². The van der Waals surface area contributed by atoms with Gasteiger partial charge in [0.1, 0.15) is 18.1 Å². The number of hydrogen-bond acceptors (Lipinski definition) is 9. The number of nitrogens with zero attached hydrogens (tertiary/aromatic N) is 1. The Kier molecular flexibility index (Phi) is 11.1. The highest BCUT2D eigenvalue weighted by atomic mass is 16.4. The number of hydrogen-bond donors (Lipinski definition) is 9. The van der Waals surface area contributed by atoms with Crippen LogP contribution in [0.4, 0.5) is 0 Å². The van der Waals surface area contributed by atoms with Gasteiger partial charge in [-0.1, -0.05) is 0 Å². The summed E-state index contributed by atoms with van der Waals surface area (Å²) >= 11 is 0. The fraction of sp³-hybridized carbons (Fsp3) is 0.500. The van der Waals surface area contributed by atoms with Gasteiger partial charge < -0.3 is 48.3 Å². The molecule has 16 nitrogen and oxygen atoms in total. The van der Waals surface area contributed by atoms with E-state index < -0.39 is 72.7 Å². The average Bonchev–Trinajstić information content (AvgIpc) is 3.26. The molecule has 0 bridgehead atoms. The number of aliphatic carboxylic acids is 1. The summed E-state index contributed by atoms with van der Waals surface area (Å²) in [5, 5.41) is 24.8. The predicted molar refractivity (Wildman–Crippen MR) is 113 cm³/mol. The molecule has 0 spiro atoms. The molecule has 0 aromatic carbocycles. The molecule has 0 radical (unpaired) electrons. The first-order chi connectivity index (χ1) is 15.9. The minimum Gasteiger partial charge on any atom is -0.480 e. The zero-order chi connectivity index (χ0) is 25.8. The number of rotatable bonds is 15. The predicted octanol–water partition coefficient (Wildman–Crippen LogP) is -5.05. The largest absolute Gasteiger partial charge is 0.480 e. The van der Waals surface area contributed by atoms with Gasteiger partial charge in [0.25, 0.3) is 0 Å². The molecule has 34 heavy (non-hydrogen) atoms. The van der Waals surface area contributed by atoms with Gasteiger partial charge in [-0.2, -0.15) is 0 Å². The monoisotopic (exact) mass is 484 g/mol. The number of carboxylic acid groups (broad SMARTS) is 1. The average molecular weight is 484 g/mol. The van der Waals surface area contributed by atoms with Crippen molar-refractivity contribution < 1.29 is 39.0 Å². The lowest BCUT2D eigenvalue weighted by molar-refractivity contribution is -0.143. The van der Waals surface area contributed by atoms with E-state index >= 15 is 0 Å². The summed E-state index contributed by atoms with van der Waals surface area (Å²) in [6.45, 7) is -0.923. The van der Waals surface area contributed by atoms with Crippen LogP contribution in [-0.4, -0.2) is 86.5 Å². The van der Waals surface area contributed by atoms with Gasteiger partial charge >= 0.3 is 5.97 Å². The Morgan fingerprint density at radius 2 is 1.53 bits per heavy atom. The van der Waals surface area contributed by atoms with Crippen molar-refractivity contribution in [1.29, 1.82) is 0 Å². The lowest BCUT2D eigenvalue weighted by Gasteiger charge is -2.24. The number of aromatic nitrogens is 2. The zero-order valence-electron chi connectivity index (χ0n) is 18.0. The summed E-state index contributed by atoms with van der Waals surface area (Å²) in [4.78, 5) is 77.6. The highest BCUT2D eigenvalue weighted by Gasteiger charge is 2.31. The Bertz CT molecular complexity index is 891. The number of aliphatic hydroxyl groups excluding tert-OH is 1. The lowest BCUT2D eigenvalue weighted by Crippen LogP contribution is -2.58. The van der Waals surface area contributed by atoms with Crippen LogP contribution in [0.15, 0.2) is 12.5 Å². The number of aliphatic hydroxyl groups is 1. The SMILES string of the molecule is NC(=O)CCC(NC(=O)C(Cc1cnc[nH]1)NC(=O)C(N)CC(N)=O)C(=O)NC(CO)C(=O)O. The molecule has 0 aliphatic rings. The van der Waals surface area contributed by atoms with E-state index in [0.717, 1.165) is 0 Å². The third kappa shape index (κ3) is 9.61.